The molecule has 1 N–H and O–H groups in total. The van der Waals surface area contributed by atoms with Crippen LogP contribution in [-0.4, -0.2) is 39.3 Å². The van der Waals surface area contributed by atoms with Gasteiger partial charge in [0.05, 0.1) is 20.8 Å². The van der Waals surface area contributed by atoms with Gasteiger partial charge in [-0.3, -0.25) is 19.8 Å². The number of halogens is 2. The maximum Gasteiger partial charge on any atom is 0.271 e. The summed E-state index contributed by atoms with van der Waals surface area (Å²) in [6.45, 7) is 3.14. The van der Waals surface area contributed by atoms with Crippen LogP contribution in [0, 0.1) is 18.7 Å². The molecule has 1 saturated carbocycles. The first-order chi connectivity index (χ1) is 18.3. The summed E-state index contributed by atoms with van der Waals surface area (Å²) in [4.78, 5) is 43.7. The normalized spacial score (nSPS) is 16.8. The van der Waals surface area contributed by atoms with Crippen molar-refractivity contribution in [2.75, 3.05) is 13.1 Å². The van der Waals surface area contributed by atoms with Gasteiger partial charge in [-0.2, -0.15) is 0 Å². The van der Waals surface area contributed by atoms with Crippen LogP contribution >= 0.6 is 22.9 Å². The molecule has 0 radical (unpaired) electrons. The molecule has 1 amide bonds. The summed E-state index contributed by atoms with van der Waals surface area (Å²) in [5.74, 6) is -0.949. The molecule has 3 heterocycles. The summed E-state index contributed by atoms with van der Waals surface area (Å²) in [7, 11) is 0. The SMILES string of the molecule is Cc1ccc2sc(C(=O)CC3CCN(NC(=O)c4cn(C5CC5)c5cc(Cl)c(F)cc5c4=O)CC3)nc2c1. The minimum atomic E-state index is -0.686. The minimum Gasteiger partial charge on any atom is -0.343 e. The van der Waals surface area contributed by atoms with Crippen molar-refractivity contribution in [1.82, 2.24) is 20.0 Å². The van der Waals surface area contributed by atoms with Gasteiger partial charge in [-0.15, -0.1) is 11.3 Å². The quantitative estimate of drug-likeness (QED) is 0.311. The second-order valence-corrected chi connectivity index (χ2v) is 11.7. The smallest absolute Gasteiger partial charge is 0.271 e. The number of nitrogens with one attached hydrogen (secondary N) is 1. The molecule has 6 rings (SSSR count). The average molecular weight is 553 g/mol. The van der Waals surface area contributed by atoms with E-state index in [1.54, 1.807) is 11.2 Å². The van der Waals surface area contributed by atoms with Crippen molar-refractivity contribution in [3.05, 3.63) is 73.7 Å². The molecule has 10 heteroatoms. The molecular formula is C28H26ClFN4O3S. The molecule has 38 heavy (non-hydrogen) atoms. The lowest BCUT2D eigenvalue weighted by Gasteiger charge is -2.31. The van der Waals surface area contributed by atoms with Crippen molar-refractivity contribution in [3.63, 3.8) is 0 Å². The number of ketones is 1. The number of rotatable bonds is 6. The van der Waals surface area contributed by atoms with Crippen molar-refractivity contribution in [2.45, 2.75) is 45.1 Å². The highest BCUT2D eigenvalue weighted by Crippen LogP contribution is 2.37. The van der Waals surface area contributed by atoms with Crippen LogP contribution in [0.25, 0.3) is 21.1 Å². The van der Waals surface area contributed by atoms with Gasteiger partial charge in [0.1, 0.15) is 11.4 Å². The van der Waals surface area contributed by atoms with Crippen LogP contribution in [0.15, 0.2) is 41.3 Å². The summed E-state index contributed by atoms with van der Waals surface area (Å²) in [6.07, 6.45) is 5.32. The minimum absolute atomic E-state index is 0.0190. The second kappa shape index (κ2) is 9.87. The van der Waals surface area contributed by atoms with Crippen LogP contribution in [0.2, 0.25) is 5.02 Å². The summed E-state index contributed by atoms with van der Waals surface area (Å²) in [6, 6.07) is 8.75. The fourth-order valence-electron chi connectivity index (χ4n) is 5.12. The number of hydrazine groups is 1. The number of carbonyl (C=O) groups excluding carboxylic acids is 2. The Labute approximate surface area is 227 Å². The Morgan fingerprint density at radius 2 is 1.92 bits per heavy atom. The Balaban J connectivity index is 1.12. The number of benzene rings is 2. The lowest BCUT2D eigenvalue weighted by Crippen LogP contribution is -2.47. The summed E-state index contributed by atoms with van der Waals surface area (Å²) in [5.41, 5.74) is 4.82. The lowest BCUT2D eigenvalue weighted by atomic mass is 9.92. The van der Waals surface area contributed by atoms with E-state index in [-0.39, 0.29) is 33.7 Å². The highest BCUT2D eigenvalue weighted by atomic mass is 35.5. The van der Waals surface area contributed by atoms with Crippen molar-refractivity contribution >= 4 is 55.7 Å². The number of hydrogen-bond acceptors (Lipinski definition) is 6. The number of aryl methyl sites for hydroxylation is 1. The van der Waals surface area contributed by atoms with E-state index < -0.39 is 17.2 Å². The molecule has 0 unspecified atom stereocenters. The molecular weight excluding hydrogens is 527 g/mol. The average Bonchev–Trinajstić information content (AvgIpc) is 3.64. The molecule has 2 fully saturated rings. The van der Waals surface area contributed by atoms with Gasteiger partial charge in [0, 0.05) is 37.1 Å². The Kier molecular flexibility index (Phi) is 6.53. The number of aromatic nitrogens is 2. The van der Waals surface area contributed by atoms with E-state index in [1.807, 2.05) is 29.7 Å². The van der Waals surface area contributed by atoms with E-state index in [0.29, 0.717) is 30.0 Å². The molecule has 196 valence electrons. The van der Waals surface area contributed by atoms with Crippen molar-refractivity contribution in [3.8, 4) is 0 Å². The van der Waals surface area contributed by atoms with Crippen molar-refractivity contribution in [2.24, 2.45) is 5.92 Å². The fourth-order valence-corrected chi connectivity index (χ4v) is 6.17. The van der Waals surface area contributed by atoms with Crippen LogP contribution in [0.5, 0.6) is 0 Å². The zero-order valence-electron chi connectivity index (χ0n) is 20.8. The summed E-state index contributed by atoms with van der Waals surface area (Å²) >= 11 is 7.40. The third kappa shape index (κ3) is 4.86. The number of carbonyl (C=O) groups is 2. The van der Waals surface area contributed by atoms with Crippen LogP contribution in [0.1, 0.15) is 63.9 Å². The summed E-state index contributed by atoms with van der Waals surface area (Å²) in [5, 5.41) is 2.43. The maximum absolute atomic E-state index is 14.2. The molecule has 0 atom stereocenters. The Morgan fingerprint density at radius 3 is 2.66 bits per heavy atom. The number of piperidine rings is 1. The number of fused-ring (bicyclic) bond motifs is 2. The Bertz CT molecular complexity index is 1650. The molecule has 2 aromatic heterocycles. The van der Waals surface area contributed by atoms with Crippen LogP contribution < -0.4 is 10.9 Å². The number of amides is 1. The number of nitrogens with zero attached hydrogens (tertiary/aromatic N) is 3. The van der Waals surface area contributed by atoms with E-state index in [1.165, 1.54) is 17.4 Å². The van der Waals surface area contributed by atoms with Gasteiger partial charge in [-0.25, -0.2) is 14.4 Å². The van der Waals surface area contributed by atoms with Crippen LogP contribution in [-0.2, 0) is 0 Å². The van der Waals surface area contributed by atoms with Gasteiger partial charge >= 0.3 is 0 Å². The number of pyridine rings is 1. The predicted octanol–water partition coefficient (Wildman–Crippen LogP) is 5.68. The molecule has 2 aromatic carbocycles. The van der Waals surface area contributed by atoms with E-state index in [2.05, 4.69) is 10.4 Å². The molecule has 1 saturated heterocycles. The molecule has 1 aliphatic carbocycles. The molecule has 4 aromatic rings. The number of thiazole rings is 1. The van der Waals surface area contributed by atoms with E-state index >= 15 is 0 Å². The van der Waals surface area contributed by atoms with Crippen LogP contribution in [0.4, 0.5) is 4.39 Å². The van der Waals surface area contributed by atoms with Gasteiger partial charge < -0.3 is 4.57 Å². The first kappa shape index (κ1) is 25.2. The number of hydrogen-bond donors (Lipinski definition) is 1. The maximum atomic E-state index is 14.2. The van der Waals surface area contributed by atoms with E-state index in [0.717, 1.165) is 47.5 Å². The first-order valence-corrected chi connectivity index (χ1v) is 14.0. The molecule has 0 bridgehead atoms. The third-order valence-corrected chi connectivity index (χ3v) is 8.76. The van der Waals surface area contributed by atoms with Gasteiger partial charge in [0.15, 0.2) is 10.8 Å². The fraction of sp³-hybridized carbons (Fsp3) is 0.357. The van der Waals surface area contributed by atoms with Gasteiger partial charge in [0.2, 0.25) is 5.43 Å². The van der Waals surface area contributed by atoms with E-state index in [9.17, 15) is 18.8 Å². The molecule has 0 spiro atoms. The molecule has 2 aliphatic rings. The van der Waals surface area contributed by atoms with Gasteiger partial charge in [0.25, 0.3) is 5.91 Å². The number of Topliss-reactive ketones (excluding diaryl/α,β-unsaturated/α-hetero) is 1. The third-order valence-electron chi connectivity index (χ3n) is 7.39. The monoisotopic (exact) mass is 552 g/mol. The molecule has 1 aliphatic heterocycles. The zero-order valence-corrected chi connectivity index (χ0v) is 22.4. The predicted molar refractivity (Wildman–Crippen MR) is 147 cm³/mol. The van der Waals surface area contributed by atoms with Gasteiger partial charge in [-0.05, 0) is 68.4 Å². The summed E-state index contributed by atoms with van der Waals surface area (Å²) < 4.78 is 17.0. The lowest BCUT2D eigenvalue weighted by molar-refractivity contribution is 0.0676. The molecule has 7 nitrogen and oxygen atoms in total. The van der Waals surface area contributed by atoms with Crippen molar-refractivity contribution < 1.29 is 14.0 Å². The van der Waals surface area contributed by atoms with Crippen LogP contribution in [0.3, 0.4) is 0 Å². The zero-order chi connectivity index (χ0) is 26.6. The standard InChI is InChI=1S/C28H26ClFN4O3S/c1-15-2-5-25-22(10-15)31-28(38-25)24(35)11-16-6-8-33(9-7-16)32-27(37)19-14-34(17-3-4-17)23-13-20(29)21(30)12-18(23)26(19)36/h2,5,10,12-14,16-17H,3-4,6-9,11H2,1H3,(H,32,37). The van der Waals surface area contributed by atoms with E-state index in [4.69, 9.17) is 11.6 Å². The highest BCUT2D eigenvalue weighted by molar-refractivity contribution is 7.20. The van der Waals surface area contributed by atoms with Crippen molar-refractivity contribution in [1.29, 1.82) is 0 Å². The Hall–Kier alpha value is -3.14. The highest BCUT2D eigenvalue weighted by Gasteiger charge is 2.29. The van der Waals surface area contributed by atoms with Gasteiger partial charge in [-0.1, -0.05) is 17.7 Å². The Morgan fingerprint density at radius 1 is 1.16 bits per heavy atom. The first-order valence-electron chi connectivity index (χ1n) is 12.8. The largest absolute Gasteiger partial charge is 0.343 e. The topological polar surface area (TPSA) is 84.3 Å². The second-order valence-electron chi connectivity index (χ2n) is 10.3.